The van der Waals surface area contributed by atoms with Crippen LogP contribution in [-0.2, 0) is 29.0 Å². The van der Waals surface area contributed by atoms with Crippen molar-refractivity contribution in [1.29, 1.82) is 0 Å². The second-order valence-corrected chi connectivity index (χ2v) is 9.19. The van der Waals surface area contributed by atoms with Gasteiger partial charge < -0.3 is 10.2 Å². The Morgan fingerprint density at radius 2 is 1.29 bits per heavy atom. The lowest BCUT2D eigenvalue weighted by Crippen LogP contribution is -2.52. The van der Waals surface area contributed by atoms with Crippen molar-refractivity contribution in [2.24, 2.45) is 0 Å². The average Bonchev–Trinajstić information content (AvgIpc) is 3.39. The van der Waals surface area contributed by atoms with E-state index in [1.165, 1.54) is 0 Å². The molecule has 1 saturated carbocycles. The number of benzene rings is 3. The number of hydrogen-bond donors (Lipinski definition) is 1. The van der Waals surface area contributed by atoms with Crippen LogP contribution < -0.4 is 5.32 Å². The molecule has 0 heterocycles. The fraction of sp³-hybridized carbons (Fsp3) is 0.333. The van der Waals surface area contributed by atoms with Gasteiger partial charge >= 0.3 is 0 Å². The number of carbonyl (C=O) groups is 2. The number of nitrogens with zero attached hydrogens (tertiary/aromatic N) is 1. The number of rotatable bonds is 10. The maximum atomic E-state index is 13.6. The summed E-state index contributed by atoms with van der Waals surface area (Å²) in [5.41, 5.74) is 3.22. The van der Waals surface area contributed by atoms with Gasteiger partial charge in [-0.05, 0) is 36.0 Å². The Balaban J connectivity index is 1.59. The normalized spacial score (nSPS) is 14.5. The largest absolute Gasteiger partial charge is 0.352 e. The van der Waals surface area contributed by atoms with Crippen LogP contribution in [-0.4, -0.2) is 28.8 Å². The minimum atomic E-state index is -0.550. The predicted octanol–water partition coefficient (Wildman–Crippen LogP) is 5.32. The summed E-state index contributed by atoms with van der Waals surface area (Å²) in [6.07, 6.45) is 5.88. The zero-order valence-electron chi connectivity index (χ0n) is 19.7. The molecule has 2 amide bonds. The standard InChI is InChI=1S/C30H34N2O2/c33-29(21-20-24-12-4-1-5-13-24)32(23-26-16-8-3-9-17-26)28(22-25-14-6-2-7-15-25)30(34)31-27-18-10-11-19-27/h1-9,12-17,27-28H,10-11,18-23H2,(H,31,34)/t28-/m0/s1. The molecule has 1 atom stereocenters. The molecule has 0 spiro atoms. The Hall–Kier alpha value is -3.40. The van der Waals surface area contributed by atoms with Crippen molar-refractivity contribution in [3.63, 3.8) is 0 Å². The third kappa shape index (κ3) is 6.80. The fourth-order valence-corrected chi connectivity index (χ4v) is 4.74. The average molecular weight is 455 g/mol. The highest BCUT2D eigenvalue weighted by atomic mass is 16.2. The molecule has 3 aromatic rings. The van der Waals surface area contributed by atoms with Crippen molar-refractivity contribution in [3.05, 3.63) is 108 Å². The lowest BCUT2D eigenvalue weighted by atomic mass is 10.0. The van der Waals surface area contributed by atoms with E-state index in [1.807, 2.05) is 91.0 Å². The van der Waals surface area contributed by atoms with Crippen LogP contribution in [0.5, 0.6) is 0 Å². The first-order valence-corrected chi connectivity index (χ1v) is 12.4. The van der Waals surface area contributed by atoms with Crippen LogP contribution in [0.4, 0.5) is 0 Å². The molecule has 0 unspecified atom stereocenters. The molecular weight excluding hydrogens is 420 g/mol. The first-order valence-electron chi connectivity index (χ1n) is 12.4. The molecule has 4 heteroatoms. The van der Waals surface area contributed by atoms with E-state index < -0.39 is 6.04 Å². The van der Waals surface area contributed by atoms with Gasteiger partial charge in [0.05, 0.1) is 0 Å². The maximum Gasteiger partial charge on any atom is 0.243 e. The summed E-state index contributed by atoms with van der Waals surface area (Å²) in [6.45, 7) is 0.421. The van der Waals surface area contributed by atoms with E-state index >= 15 is 0 Å². The van der Waals surface area contributed by atoms with Gasteiger partial charge in [0.25, 0.3) is 0 Å². The van der Waals surface area contributed by atoms with Crippen molar-refractivity contribution in [1.82, 2.24) is 10.2 Å². The molecule has 4 nitrogen and oxygen atoms in total. The van der Waals surface area contributed by atoms with Crippen LogP contribution in [0.2, 0.25) is 0 Å². The van der Waals surface area contributed by atoms with Crippen molar-refractivity contribution >= 4 is 11.8 Å². The SMILES string of the molecule is O=C(NC1CCCC1)[C@H](Cc1ccccc1)N(Cc1ccccc1)C(=O)CCc1ccccc1. The van der Waals surface area contributed by atoms with E-state index in [-0.39, 0.29) is 17.9 Å². The lowest BCUT2D eigenvalue weighted by molar-refractivity contribution is -0.141. The number of nitrogens with one attached hydrogen (secondary N) is 1. The van der Waals surface area contributed by atoms with Gasteiger partial charge in [-0.25, -0.2) is 0 Å². The van der Waals surface area contributed by atoms with Crippen LogP contribution in [0, 0.1) is 0 Å². The fourth-order valence-electron chi connectivity index (χ4n) is 4.74. The number of carbonyl (C=O) groups excluding carboxylic acids is 2. The van der Waals surface area contributed by atoms with Gasteiger partial charge in [-0.2, -0.15) is 0 Å². The highest BCUT2D eigenvalue weighted by Crippen LogP contribution is 2.20. The van der Waals surface area contributed by atoms with E-state index in [9.17, 15) is 9.59 Å². The third-order valence-electron chi connectivity index (χ3n) is 6.64. The van der Waals surface area contributed by atoms with E-state index in [4.69, 9.17) is 0 Å². The minimum Gasteiger partial charge on any atom is -0.352 e. The van der Waals surface area contributed by atoms with Gasteiger partial charge in [-0.3, -0.25) is 9.59 Å². The zero-order valence-corrected chi connectivity index (χ0v) is 19.7. The van der Waals surface area contributed by atoms with Crippen molar-refractivity contribution in [2.45, 2.75) is 63.6 Å². The van der Waals surface area contributed by atoms with Crippen molar-refractivity contribution in [2.75, 3.05) is 0 Å². The van der Waals surface area contributed by atoms with Crippen LogP contribution in [0.3, 0.4) is 0 Å². The maximum absolute atomic E-state index is 13.6. The second-order valence-electron chi connectivity index (χ2n) is 9.19. The summed E-state index contributed by atoms with van der Waals surface area (Å²) in [4.78, 5) is 29.1. The molecule has 3 aromatic carbocycles. The highest BCUT2D eigenvalue weighted by molar-refractivity contribution is 5.88. The van der Waals surface area contributed by atoms with E-state index in [2.05, 4.69) is 5.32 Å². The quantitative estimate of drug-likeness (QED) is 0.451. The molecule has 4 rings (SSSR count). The molecule has 0 aliphatic heterocycles. The van der Waals surface area contributed by atoms with Crippen molar-refractivity contribution < 1.29 is 9.59 Å². The molecule has 176 valence electrons. The molecule has 1 aliphatic rings. The van der Waals surface area contributed by atoms with Gasteiger partial charge in [-0.1, -0.05) is 104 Å². The smallest absolute Gasteiger partial charge is 0.243 e. The number of hydrogen-bond acceptors (Lipinski definition) is 2. The topological polar surface area (TPSA) is 49.4 Å². The molecule has 1 N–H and O–H groups in total. The molecule has 0 saturated heterocycles. The molecule has 0 radical (unpaired) electrons. The van der Waals surface area contributed by atoms with Gasteiger partial charge in [0, 0.05) is 25.4 Å². The summed E-state index contributed by atoms with van der Waals surface area (Å²) < 4.78 is 0. The molecular formula is C30H34N2O2. The first kappa shape index (κ1) is 23.7. The summed E-state index contributed by atoms with van der Waals surface area (Å²) in [7, 11) is 0. The Labute approximate surface area is 203 Å². The predicted molar refractivity (Wildman–Crippen MR) is 136 cm³/mol. The summed E-state index contributed by atoms with van der Waals surface area (Å²) in [6, 6.07) is 29.7. The van der Waals surface area contributed by atoms with E-state index in [0.717, 1.165) is 42.4 Å². The van der Waals surface area contributed by atoms with Crippen molar-refractivity contribution in [3.8, 4) is 0 Å². The summed E-state index contributed by atoms with van der Waals surface area (Å²) >= 11 is 0. The van der Waals surface area contributed by atoms with Crippen LogP contribution in [0.25, 0.3) is 0 Å². The van der Waals surface area contributed by atoms with Crippen LogP contribution >= 0.6 is 0 Å². The lowest BCUT2D eigenvalue weighted by Gasteiger charge is -2.32. The molecule has 1 fully saturated rings. The van der Waals surface area contributed by atoms with E-state index in [1.54, 1.807) is 4.90 Å². The molecule has 0 bridgehead atoms. The van der Waals surface area contributed by atoms with Gasteiger partial charge in [-0.15, -0.1) is 0 Å². The summed E-state index contributed by atoms with van der Waals surface area (Å²) in [5, 5.41) is 3.26. The van der Waals surface area contributed by atoms with Gasteiger partial charge in [0.1, 0.15) is 6.04 Å². The Morgan fingerprint density at radius 1 is 0.765 bits per heavy atom. The number of amides is 2. The van der Waals surface area contributed by atoms with E-state index in [0.29, 0.717) is 25.8 Å². The molecule has 1 aliphatic carbocycles. The highest BCUT2D eigenvalue weighted by Gasteiger charge is 2.31. The minimum absolute atomic E-state index is 0.00945. The van der Waals surface area contributed by atoms with Crippen LogP contribution in [0.1, 0.15) is 48.8 Å². The third-order valence-corrected chi connectivity index (χ3v) is 6.64. The summed E-state index contributed by atoms with van der Waals surface area (Å²) in [5.74, 6) is -0.0324. The zero-order chi connectivity index (χ0) is 23.6. The van der Waals surface area contributed by atoms with Crippen LogP contribution in [0.15, 0.2) is 91.0 Å². The monoisotopic (exact) mass is 454 g/mol. The second kappa shape index (κ2) is 12.2. The molecule has 0 aromatic heterocycles. The Morgan fingerprint density at radius 3 is 1.88 bits per heavy atom. The van der Waals surface area contributed by atoms with Gasteiger partial charge in [0.15, 0.2) is 0 Å². The Kier molecular flexibility index (Phi) is 8.50. The Bertz CT molecular complexity index is 1030. The first-order chi connectivity index (χ1) is 16.7. The van der Waals surface area contributed by atoms with Gasteiger partial charge in [0.2, 0.25) is 11.8 Å². The molecule has 34 heavy (non-hydrogen) atoms. The number of aryl methyl sites for hydroxylation is 1.